The van der Waals surface area contributed by atoms with Crippen molar-refractivity contribution in [2.45, 2.75) is 19.8 Å². The van der Waals surface area contributed by atoms with E-state index < -0.39 is 0 Å². The minimum Gasteiger partial charge on any atom is -0.332 e. The van der Waals surface area contributed by atoms with E-state index in [4.69, 9.17) is 10.3 Å². The summed E-state index contributed by atoms with van der Waals surface area (Å²) in [5.41, 5.74) is 8.07. The second-order valence-corrected chi connectivity index (χ2v) is 5.40. The monoisotopic (exact) mass is 301 g/mol. The van der Waals surface area contributed by atoms with Gasteiger partial charge < -0.3 is 10.3 Å². The van der Waals surface area contributed by atoms with Gasteiger partial charge in [-0.1, -0.05) is 18.1 Å². The number of aryl methyl sites for hydroxylation is 1. The zero-order valence-corrected chi connectivity index (χ0v) is 12.4. The van der Waals surface area contributed by atoms with Crippen molar-refractivity contribution in [3.63, 3.8) is 0 Å². The summed E-state index contributed by atoms with van der Waals surface area (Å²) < 4.78 is 5.31. The summed E-state index contributed by atoms with van der Waals surface area (Å²) >= 11 is 1.55. The van der Waals surface area contributed by atoms with Gasteiger partial charge in [0.25, 0.3) is 5.89 Å². The average Bonchev–Trinajstić information content (AvgIpc) is 3.16. The number of rotatable bonds is 5. The van der Waals surface area contributed by atoms with Gasteiger partial charge in [-0.3, -0.25) is 4.98 Å². The molecule has 0 amide bonds. The number of pyridine rings is 1. The zero-order valence-electron chi connectivity index (χ0n) is 11.6. The second-order valence-electron chi connectivity index (χ2n) is 4.45. The molecule has 0 aliphatic rings. The van der Waals surface area contributed by atoms with Crippen LogP contribution < -0.4 is 5.73 Å². The van der Waals surface area contributed by atoms with E-state index in [1.807, 2.05) is 17.5 Å². The molecular formula is C14H15N5OS. The van der Waals surface area contributed by atoms with Crippen LogP contribution in [0.25, 0.3) is 23.1 Å². The van der Waals surface area contributed by atoms with Gasteiger partial charge in [0.1, 0.15) is 11.4 Å². The number of hydrogen-bond donors (Lipinski definition) is 1. The maximum absolute atomic E-state index is 5.53. The van der Waals surface area contributed by atoms with Crippen LogP contribution in [-0.2, 0) is 12.8 Å². The fourth-order valence-corrected chi connectivity index (χ4v) is 2.78. The Bertz CT molecular complexity index is 736. The fourth-order valence-electron chi connectivity index (χ4n) is 2.00. The molecule has 108 valence electrons. The molecule has 0 aromatic carbocycles. The quantitative estimate of drug-likeness (QED) is 0.777. The van der Waals surface area contributed by atoms with Crippen molar-refractivity contribution < 1.29 is 4.52 Å². The Kier molecular flexibility index (Phi) is 4.03. The topological polar surface area (TPSA) is 90.7 Å². The van der Waals surface area contributed by atoms with E-state index >= 15 is 0 Å². The highest BCUT2D eigenvalue weighted by Gasteiger charge is 2.16. The molecule has 3 heterocycles. The minimum atomic E-state index is 0.414. The van der Waals surface area contributed by atoms with Gasteiger partial charge >= 0.3 is 0 Å². The van der Waals surface area contributed by atoms with Gasteiger partial charge in [0.2, 0.25) is 5.82 Å². The number of aromatic nitrogens is 4. The molecule has 0 bridgehead atoms. The van der Waals surface area contributed by atoms with Gasteiger partial charge in [-0.25, -0.2) is 4.98 Å². The van der Waals surface area contributed by atoms with Gasteiger partial charge in [0, 0.05) is 18.0 Å². The molecule has 0 fully saturated rings. The Morgan fingerprint density at radius 3 is 3.05 bits per heavy atom. The summed E-state index contributed by atoms with van der Waals surface area (Å²) in [6, 6.07) is 3.92. The van der Waals surface area contributed by atoms with Crippen LogP contribution in [0.4, 0.5) is 0 Å². The lowest BCUT2D eigenvalue weighted by atomic mass is 10.1. The summed E-state index contributed by atoms with van der Waals surface area (Å²) in [5.74, 6) is 0.910. The van der Waals surface area contributed by atoms with Crippen molar-refractivity contribution in [3.05, 3.63) is 34.3 Å². The van der Waals surface area contributed by atoms with Gasteiger partial charge in [0.05, 0.1) is 5.01 Å². The summed E-state index contributed by atoms with van der Waals surface area (Å²) in [6.45, 7) is 2.65. The first-order chi connectivity index (χ1) is 10.3. The third kappa shape index (κ3) is 2.84. The summed E-state index contributed by atoms with van der Waals surface area (Å²) in [7, 11) is 0. The van der Waals surface area contributed by atoms with E-state index in [9.17, 15) is 0 Å². The van der Waals surface area contributed by atoms with E-state index in [-0.39, 0.29) is 0 Å². The first-order valence-electron chi connectivity index (χ1n) is 6.74. The number of nitrogens with zero attached hydrogens (tertiary/aromatic N) is 4. The molecule has 7 heteroatoms. The molecule has 0 aliphatic carbocycles. The predicted octanol–water partition coefficient (Wildman–Crippen LogP) is 2.32. The van der Waals surface area contributed by atoms with Crippen LogP contribution in [0.1, 0.15) is 17.5 Å². The predicted molar refractivity (Wildman–Crippen MR) is 80.8 cm³/mol. The number of hydrogen-bond acceptors (Lipinski definition) is 7. The van der Waals surface area contributed by atoms with Crippen molar-refractivity contribution >= 4 is 11.3 Å². The van der Waals surface area contributed by atoms with Crippen LogP contribution in [0.3, 0.4) is 0 Å². The first kappa shape index (κ1) is 13.8. The smallest absolute Gasteiger partial charge is 0.277 e. The number of thiazole rings is 1. The summed E-state index contributed by atoms with van der Waals surface area (Å²) in [4.78, 5) is 13.2. The van der Waals surface area contributed by atoms with Gasteiger partial charge in [-0.2, -0.15) is 4.98 Å². The Hall–Kier alpha value is -2.12. The molecule has 0 saturated heterocycles. The standard InChI is InChI=1S/C14H15N5OS/c1-2-9-4-3-7-16-12(9)13-18-14(20-19-13)10-8-21-11(17-10)5-6-15/h3-4,7-8H,2,5-6,15H2,1H3. The van der Waals surface area contributed by atoms with Crippen LogP contribution in [0.5, 0.6) is 0 Å². The van der Waals surface area contributed by atoms with Crippen LogP contribution in [0, 0.1) is 0 Å². The van der Waals surface area contributed by atoms with Crippen LogP contribution in [-0.4, -0.2) is 26.7 Å². The Labute approximate surface area is 126 Å². The van der Waals surface area contributed by atoms with E-state index in [0.717, 1.165) is 29.1 Å². The highest BCUT2D eigenvalue weighted by atomic mass is 32.1. The maximum atomic E-state index is 5.53. The zero-order chi connectivity index (χ0) is 14.7. The molecule has 0 radical (unpaired) electrons. The van der Waals surface area contributed by atoms with Crippen LogP contribution in [0.2, 0.25) is 0 Å². The molecule has 3 rings (SSSR count). The van der Waals surface area contributed by atoms with Gasteiger partial charge in [-0.05, 0) is 24.6 Å². The fraction of sp³-hybridized carbons (Fsp3) is 0.286. The lowest BCUT2D eigenvalue weighted by Crippen LogP contribution is -2.01. The highest BCUT2D eigenvalue weighted by Crippen LogP contribution is 2.24. The molecular weight excluding hydrogens is 286 g/mol. The van der Waals surface area contributed by atoms with Crippen LogP contribution >= 0.6 is 11.3 Å². The van der Waals surface area contributed by atoms with Crippen LogP contribution in [0.15, 0.2) is 28.2 Å². The van der Waals surface area contributed by atoms with Gasteiger partial charge in [0.15, 0.2) is 0 Å². The van der Waals surface area contributed by atoms with Crippen molar-refractivity contribution in [1.82, 2.24) is 20.1 Å². The van der Waals surface area contributed by atoms with E-state index in [2.05, 4.69) is 27.0 Å². The van der Waals surface area contributed by atoms with Crippen molar-refractivity contribution in [1.29, 1.82) is 0 Å². The first-order valence-corrected chi connectivity index (χ1v) is 7.62. The molecule has 0 atom stereocenters. The Morgan fingerprint density at radius 1 is 1.33 bits per heavy atom. The second kappa shape index (κ2) is 6.11. The van der Waals surface area contributed by atoms with Crippen molar-refractivity contribution in [2.24, 2.45) is 5.73 Å². The Balaban J connectivity index is 1.92. The third-order valence-electron chi connectivity index (χ3n) is 3.04. The molecule has 0 aliphatic heterocycles. The van der Waals surface area contributed by atoms with Crippen molar-refractivity contribution in [2.75, 3.05) is 6.54 Å². The molecule has 6 nitrogen and oxygen atoms in total. The summed E-state index contributed by atoms with van der Waals surface area (Å²) in [5, 5.41) is 6.89. The van der Waals surface area contributed by atoms with Crippen molar-refractivity contribution in [3.8, 4) is 23.1 Å². The molecule has 0 unspecified atom stereocenters. The normalized spacial score (nSPS) is 11.0. The number of nitrogens with two attached hydrogens (primary N) is 1. The lowest BCUT2D eigenvalue weighted by Gasteiger charge is -2.00. The SMILES string of the molecule is CCc1cccnc1-c1noc(-c2csc(CCN)n2)n1. The lowest BCUT2D eigenvalue weighted by molar-refractivity contribution is 0.431. The largest absolute Gasteiger partial charge is 0.332 e. The van der Waals surface area contributed by atoms with E-state index in [1.165, 1.54) is 0 Å². The molecule has 3 aromatic heterocycles. The molecule has 0 saturated carbocycles. The van der Waals surface area contributed by atoms with E-state index in [0.29, 0.717) is 24.0 Å². The maximum Gasteiger partial charge on any atom is 0.277 e. The third-order valence-corrected chi connectivity index (χ3v) is 3.95. The van der Waals surface area contributed by atoms with E-state index in [1.54, 1.807) is 17.5 Å². The Morgan fingerprint density at radius 2 is 2.24 bits per heavy atom. The van der Waals surface area contributed by atoms with Gasteiger partial charge in [-0.15, -0.1) is 11.3 Å². The summed E-state index contributed by atoms with van der Waals surface area (Å²) in [6.07, 6.45) is 3.35. The highest BCUT2D eigenvalue weighted by molar-refractivity contribution is 7.09. The molecule has 21 heavy (non-hydrogen) atoms. The molecule has 3 aromatic rings. The average molecular weight is 301 g/mol. The minimum absolute atomic E-state index is 0.414. The molecule has 2 N–H and O–H groups in total. The molecule has 0 spiro atoms.